The van der Waals surface area contributed by atoms with E-state index in [0.717, 1.165) is 30.4 Å². The van der Waals surface area contributed by atoms with Crippen molar-refractivity contribution in [3.05, 3.63) is 59.7 Å². The predicted molar refractivity (Wildman–Crippen MR) is 132 cm³/mol. The van der Waals surface area contributed by atoms with Crippen LogP contribution in [0.3, 0.4) is 0 Å². The minimum atomic E-state index is 0.0554. The Balaban J connectivity index is 0.000000412. The van der Waals surface area contributed by atoms with Gasteiger partial charge in [0.2, 0.25) is 5.91 Å². The molecule has 33 heavy (non-hydrogen) atoms. The van der Waals surface area contributed by atoms with Gasteiger partial charge in [0.25, 0.3) is 0 Å². The van der Waals surface area contributed by atoms with Gasteiger partial charge in [-0.2, -0.15) is 0 Å². The van der Waals surface area contributed by atoms with E-state index in [1.165, 1.54) is 14.2 Å². The zero-order chi connectivity index (χ0) is 24.6. The number of phenolic OH excluding ortho intramolecular Hbond substituents is 2. The number of hydrogen-bond acceptors (Lipinski definition) is 6. The number of rotatable bonds is 11. The molecule has 0 aromatic heterocycles. The van der Waals surface area contributed by atoms with E-state index in [0.29, 0.717) is 36.9 Å². The number of carbonyl (C=O) groups is 1. The average molecular weight is 459 g/mol. The molecule has 0 fully saturated rings. The lowest BCUT2D eigenvalue weighted by atomic mass is 10.1. The fraction of sp³-hybridized carbons (Fsp3) is 0.423. The van der Waals surface area contributed by atoms with E-state index in [4.69, 9.17) is 20.3 Å². The summed E-state index contributed by atoms with van der Waals surface area (Å²) in [6, 6.07) is 10.1. The van der Waals surface area contributed by atoms with Gasteiger partial charge in [0.15, 0.2) is 23.0 Å². The molecule has 5 N–H and O–H groups in total. The van der Waals surface area contributed by atoms with Gasteiger partial charge in [0.05, 0.1) is 14.2 Å². The van der Waals surface area contributed by atoms with Gasteiger partial charge < -0.3 is 30.7 Å². The molecule has 0 atom stereocenters. The lowest BCUT2D eigenvalue weighted by molar-refractivity contribution is -0.121. The normalized spacial score (nSPS) is 10.6. The third kappa shape index (κ3) is 11.3. The van der Waals surface area contributed by atoms with Crippen LogP contribution in [0, 0.1) is 5.92 Å². The molecule has 0 bridgehead atoms. The zero-order valence-corrected chi connectivity index (χ0v) is 20.1. The summed E-state index contributed by atoms with van der Waals surface area (Å²) in [5.74, 6) is 1.78. The van der Waals surface area contributed by atoms with Crippen molar-refractivity contribution < 1.29 is 24.5 Å². The first kappa shape index (κ1) is 27.8. The van der Waals surface area contributed by atoms with E-state index in [2.05, 4.69) is 31.3 Å². The highest BCUT2D eigenvalue weighted by Gasteiger charge is 2.05. The summed E-state index contributed by atoms with van der Waals surface area (Å²) in [6.45, 7) is 5.21. The van der Waals surface area contributed by atoms with Crippen LogP contribution >= 0.6 is 0 Å². The zero-order valence-electron chi connectivity index (χ0n) is 20.1. The standard InChI is InChI=1S/C18H27NO3.C8H11NO2/c1-14(2)8-6-4-5-7-9-18(21)19-13-15-10-11-16(20)17(12-15)22-3;1-11-8-4-6(5-9)2-3-7(8)10/h6,8,10-12,14,20H,4-5,7,9,13H2,1-3H3,(H,19,21);2-4,10H,5,9H2,1H3/b8-6+;. The maximum Gasteiger partial charge on any atom is 0.220 e. The van der Waals surface area contributed by atoms with E-state index in [1.807, 2.05) is 0 Å². The van der Waals surface area contributed by atoms with Gasteiger partial charge in [-0.3, -0.25) is 4.79 Å². The molecule has 1 amide bonds. The molecular weight excluding hydrogens is 420 g/mol. The number of hydrogen-bond donors (Lipinski definition) is 4. The fourth-order valence-corrected chi connectivity index (χ4v) is 2.89. The van der Waals surface area contributed by atoms with Crippen molar-refractivity contribution in [3.63, 3.8) is 0 Å². The number of nitrogens with two attached hydrogens (primary N) is 1. The van der Waals surface area contributed by atoms with Crippen molar-refractivity contribution >= 4 is 5.91 Å². The fourth-order valence-electron chi connectivity index (χ4n) is 2.89. The van der Waals surface area contributed by atoms with E-state index < -0.39 is 0 Å². The first-order valence-electron chi connectivity index (χ1n) is 11.2. The largest absolute Gasteiger partial charge is 0.504 e. The van der Waals surface area contributed by atoms with Crippen molar-refractivity contribution in [1.82, 2.24) is 5.32 Å². The van der Waals surface area contributed by atoms with Gasteiger partial charge in [0, 0.05) is 19.5 Å². The Morgan fingerprint density at radius 3 is 2.12 bits per heavy atom. The second-order valence-electron chi connectivity index (χ2n) is 7.91. The Hall–Kier alpha value is -3.19. The van der Waals surface area contributed by atoms with E-state index in [1.54, 1.807) is 36.4 Å². The summed E-state index contributed by atoms with van der Waals surface area (Å²) in [5.41, 5.74) is 7.24. The quantitative estimate of drug-likeness (QED) is 0.288. The second-order valence-corrected chi connectivity index (χ2v) is 7.91. The Morgan fingerprint density at radius 1 is 1.00 bits per heavy atom. The van der Waals surface area contributed by atoms with E-state index in [-0.39, 0.29) is 17.4 Å². The number of amides is 1. The van der Waals surface area contributed by atoms with Crippen LogP contribution in [0.1, 0.15) is 50.7 Å². The first-order chi connectivity index (χ1) is 15.8. The van der Waals surface area contributed by atoms with Crippen molar-refractivity contribution in [2.75, 3.05) is 14.2 Å². The minimum Gasteiger partial charge on any atom is -0.504 e. The highest BCUT2D eigenvalue weighted by atomic mass is 16.5. The summed E-state index contributed by atoms with van der Waals surface area (Å²) in [7, 11) is 3.01. The van der Waals surface area contributed by atoms with Gasteiger partial charge in [-0.25, -0.2) is 0 Å². The topological polar surface area (TPSA) is 114 Å². The van der Waals surface area contributed by atoms with Crippen LogP contribution in [0.25, 0.3) is 0 Å². The molecule has 0 spiro atoms. The molecule has 0 heterocycles. The monoisotopic (exact) mass is 458 g/mol. The van der Waals surface area contributed by atoms with E-state index in [9.17, 15) is 9.90 Å². The van der Waals surface area contributed by atoms with Crippen molar-refractivity contribution in [3.8, 4) is 23.0 Å². The maximum absolute atomic E-state index is 11.8. The maximum atomic E-state index is 11.8. The third-order valence-corrected chi connectivity index (χ3v) is 4.76. The van der Waals surface area contributed by atoms with Gasteiger partial charge in [0.1, 0.15) is 0 Å². The molecule has 182 valence electrons. The SMILES string of the molecule is COc1cc(CN)ccc1O.COc1cc(CNC(=O)CCCC/C=C/C(C)C)ccc1O. The number of benzene rings is 2. The molecule has 2 aromatic rings. The Bertz CT molecular complexity index is 881. The highest BCUT2D eigenvalue weighted by molar-refractivity contribution is 5.75. The number of methoxy groups -OCH3 is 2. The lowest BCUT2D eigenvalue weighted by Gasteiger charge is -2.08. The van der Waals surface area contributed by atoms with Crippen LogP contribution in [0.2, 0.25) is 0 Å². The van der Waals surface area contributed by atoms with Crippen LogP contribution in [-0.2, 0) is 17.9 Å². The molecule has 0 saturated heterocycles. The first-order valence-corrected chi connectivity index (χ1v) is 11.2. The summed E-state index contributed by atoms with van der Waals surface area (Å²) >= 11 is 0. The molecule has 0 saturated carbocycles. The Morgan fingerprint density at radius 2 is 1.58 bits per heavy atom. The molecular formula is C26H38N2O5. The molecule has 2 rings (SSSR count). The summed E-state index contributed by atoms with van der Waals surface area (Å²) in [4.78, 5) is 11.8. The number of nitrogens with one attached hydrogen (secondary N) is 1. The number of aromatic hydroxyl groups is 2. The van der Waals surface area contributed by atoms with Crippen molar-refractivity contribution in [1.29, 1.82) is 0 Å². The molecule has 0 radical (unpaired) electrons. The predicted octanol–water partition coefficient (Wildman–Crippen LogP) is 4.65. The number of phenols is 2. The molecule has 0 aliphatic rings. The van der Waals surface area contributed by atoms with Gasteiger partial charge in [-0.1, -0.05) is 38.1 Å². The molecule has 0 aliphatic heterocycles. The minimum absolute atomic E-state index is 0.0554. The number of ether oxygens (including phenoxy) is 2. The van der Waals surface area contributed by atoms with Crippen molar-refractivity contribution in [2.24, 2.45) is 11.7 Å². The Kier molecular flexibility index (Phi) is 13.2. The average Bonchev–Trinajstić information content (AvgIpc) is 2.81. The number of unbranched alkanes of at least 4 members (excludes halogenated alkanes) is 2. The third-order valence-electron chi connectivity index (χ3n) is 4.76. The lowest BCUT2D eigenvalue weighted by Crippen LogP contribution is -2.22. The molecule has 7 nitrogen and oxygen atoms in total. The number of carbonyl (C=O) groups excluding carboxylic acids is 1. The van der Waals surface area contributed by atoms with Crippen LogP contribution in [0.4, 0.5) is 0 Å². The molecule has 0 aliphatic carbocycles. The summed E-state index contributed by atoms with van der Waals surface area (Å²) in [6.07, 6.45) is 7.88. The molecule has 2 aromatic carbocycles. The highest BCUT2D eigenvalue weighted by Crippen LogP contribution is 2.26. The second kappa shape index (κ2) is 15.6. The molecule has 0 unspecified atom stereocenters. The number of allylic oxidation sites excluding steroid dienone is 2. The van der Waals surface area contributed by atoms with Gasteiger partial charge >= 0.3 is 0 Å². The molecule has 7 heteroatoms. The van der Waals surface area contributed by atoms with Crippen LogP contribution in [0.15, 0.2) is 48.6 Å². The van der Waals surface area contributed by atoms with E-state index >= 15 is 0 Å². The van der Waals surface area contributed by atoms with Crippen LogP contribution < -0.4 is 20.5 Å². The summed E-state index contributed by atoms with van der Waals surface area (Å²) in [5, 5.41) is 21.6. The summed E-state index contributed by atoms with van der Waals surface area (Å²) < 4.78 is 9.92. The van der Waals surface area contributed by atoms with Crippen LogP contribution in [0.5, 0.6) is 23.0 Å². The van der Waals surface area contributed by atoms with Gasteiger partial charge in [-0.05, 0) is 60.6 Å². The van der Waals surface area contributed by atoms with Crippen LogP contribution in [-0.4, -0.2) is 30.3 Å². The van der Waals surface area contributed by atoms with Gasteiger partial charge in [-0.15, -0.1) is 0 Å². The Labute approximate surface area is 197 Å². The van der Waals surface area contributed by atoms with Crippen molar-refractivity contribution in [2.45, 2.75) is 52.6 Å². The smallest absolute Gasteiger partial charge is 0.220 e.